The van der Waals surface area contributed by atoms with Crippen LogP contribution in [0.4, 0.5) is 0 Å². The van der Waals surface area contributed by atoms with Crippen LogP contribution in [0.1, 0.15) is 25.3 Å². The second-order valence-electron chi connectivity index (χ2n) is 3.89. The third kappa shape index (κ3) is 1.80. The van der Waals surface area contributed by atoms with Gasteiger partial charge in [-0.2, -0.15) is 0 Å². The van der Waals surface area contributed by atoms with Gasteiger partial charge in [-0.1, -0.05) is 49.8 Å². The van der Waals surface area contributed by atoms with Crippen LogP contribution in [0.3, 0.4) is 0 Å². The van der Waals surface area contributed by atoms with E-state index in [9.17, 15) is 0 Å². The largest absolute Gasteiger partial charge is 0.360 e. The molecule has 2 aromatic rings. The number of fused-ring (bicyclic) bond motifs is 1. The van der Waals surface area contributed by atoms with Crippen LogP contribution in [-0.2, 0) is 0 Å². The Kier molecular flexibility index (Phi) is 2.81. The van der Waals surface area contributed by atoms with E-state index in [1.54, 1.807) is 0 Å². The molecule has 0 spiro atoms. The van der Waals surface area contributed by atoms with E-state index in [4.69, 9.17) is 23.8 Å². The summed E-state index contributed by atoms with van der Waals surface area (Å²) in [5.74, 6) is 0.420. The minimum absolute atomic E-state index is 0.420. The number of rotatable bonds is 1. The number of hydrogen-bond donors (Lipinski definition) is 1. The van der Waals surface area contributed by atoms with E-state index in [-0.39, 0.29) is 0 Å². The summed E-state index contributed by atoms with van der Waals surface area (Å²) >= 11 is 11.6. The zero-order chi connectivity index (χ0) is 11.0. The third-order valence-corrected chi connectivity index (χ3v) is 3.28. The Morgan fingerprint density at radius 1 is 1.27 bits per heavy atom. The number of nitrogens with one attached hydrogen (secondary N) is 1. The smallest absolute Gasteiger partial charge is 0.0682 e. The van der Waals surface area contributed by atoms with Gasteiger partial charge in [-0.25, -0.2) is 0 Å². The molecule has 0 amide bonds. The minimum atomic E-state index is 0.420. The first kappa shape index (κ1) is 10.7. The van der Waals surface area contributed by atoms with Gasteiger partial charge in [0.25, 0.3) is 0 Å². The highest BCUT2D eigenvalue weighted by Crippen LogP contribution is 2.30. The molecule has 3 heteroatoms. The van der Waals surface area contributed by atoms with Gasteiger partial charge in [-0.3, -0.25) is 0 Å². The van der Waals surface area contributed by atoms with Crippen molar-refractivity contribution in [3.05, 3.63) is 39.5 Å². The number of hydrogen-bond acceptors (Lipinski definition) is 1. The van der Waals surface area contributed by atoms with Crippen molar-refractivity contribution in [3.63, 3.8) is 0 Å². The number of halogens is 1. The van der Waals surface area contributed by atoms with Gasteiger partial charge in [0, 0.05) is 16.1 Å². The standard InChI is InChI=1S/C12H12ClNS/c1-7(2)8-3-4-9-10(15)5-6-14-12(9)11(8)13/h3-7H,1-2H3,(H,14,15). The lowest BCUT2D eigenvalue weighted by atomic mass is 10.0. The fraction of sp³-hybridized carbons (Fsp3) is 0.250. The van der Waals surface area contributed by atoms with Crippen LogP contribution in [0.15, 0.2) is 24.4 Å². The summed E-state index contributed by atoms with van der Waals surface area (Å²) in [4.78, 5) is 3.16. The van der Waals surface area contributed by atoms with E-state index in [2.05, 4.69) is 24.9 Å². The average Bonchev–Trinajstić information content (AvgIpc) is 2.19. The molecule has 0 atom stereocenters. The normalized spacial score (nSPS) is 11.2. The molecule has 0 saturated carbocycles. The number of aromatic nitrogens is 1. The van der Waals surface area contributed by atoms with E-state index in [0.29, 0.717) is 5.92 Å². The summed E-state index contributed by atoms with van der Waals surface area (Å²) in [5, 5.41) is 1.80. The molecule has 1 N–H and O–H groups in total. The van der Waals surface area contributed by atoms with E-state index in [1.807, 2.05) is 18.3 Å². The van der Waals surface area contributed by atoms with Crippen molar-refractivity contribution >= 4 is 34.7 Å². The molecule has 1 aromatic carbocycles. The molecular formula is C12H12ClNS. The van der Waals surface area contributed by atoms with Gasteiger partial charge in [0.15, 0.2) is 0 Å². The third-order valence-electron chi connectivity index (χ3n) is 2.52. The van der Waals surface area contributed by atoms with Gasteiger partial charge in [0.1, 0.15) is 0 Å². The predicted molar refractivity (Wildman–Crippen MR) is 68.2 cm³/mol. The molecule has 0 radical (unpaired) electrons. The molecule has 78 valence electrons. The van der Waals surface area contributed by atoms with Crippen LogP contribution in [0, 0.1) is 4.51 Å². The van der Waals surface area contributed by atoms with Gasteiger partial charge >= 0.3 is 0 Å². The molecule has 2 rings (SSSR count). The lowest BCUT2D eigenvalue weighted by Crippen LogP contribution is -1.91. The molecule has 0 unspecified atom stereocenters. The first-order chi connectivity index (χ1) is 7.11. The average molecular weight is 238 g/mol. The second-order valence-corrected chi connectivity index (χ2v) is 4.71. The molecule has 15 heavy (non-hydrogen) atoms. The fourth-order valence-corrected chi connectivity index (χ4v) is 2.35. The van der Waals surface area contributed by atoms with Crippen LogP contribution >= 0.6 is 23.8 Å². The van der Waals surface area contributed by atoms with Crippen LogP contribution < -0.4 is 0 Å². The molecule has 1 nitrogen and oxygen atoms in total. The monoisotopic (exact) mass is 237 g/mol. The van der Waals surface area contributed by atoms with E-state index >= 15 is 0 Å². The molecule has 0 aliphatic heterocycles. The highest BCUT2D eigenvalue weighted by Gasteiger charge is 2.09. The molecule has 0 aliphatic rings. The van der Waals surface area contributed by atoms with Crippen molar-refractivity contribution in [1.29, 1.82) is 0 Å². The van der Waals surface area contributed by atoms with Crippen molar-refractivity contribution in [2.75, 3.05) is 0 Å². The molecule has 0 aliphatic carbocycles. The van der Waals surface area contributed by atoms with Crippen LogP contribution in [0.2, 0.25) is 5.02 Å². The van der Waals surface area contributed by atoms with Crippen molar-refractivity contribution in [2.45, 2.75) is 19.8 Å². The molecule has 1 aromatic heterocycles. The van der Waals surface area contributed by atoms with Crippen molar-refractivity contribution in [1.82, 2.24) is 4.98 Å². The molecule has 0 fully saturated rings. The summed E-state index contributed by atoms with van der Waals surface area (Å²) in [6.45, 7) is 4.26. The number of aromatic amines is 1. The van der Waals surface area contributed by atoms with E-state index in [0.717, 1.165) is 26.0 Å². The molecule has 1 heterocycles. The summed E-state index contributed by atoms with van der Waals surface area (Å²) < 4.78 is 0.834. The Balaban J connectivity index is 2.86. The molecule has 0 saturated heterocycles. The number of benzene rings is 1. The van der Waals surface area contributed by atoms with Gasteiger partial charge in [0.2, 0.25) is 0 Å². The Morgan fingerprint density at radius 3 is 2.67 bits per heavy atom. The van der Waals surface area contributed by atoms with E-state index in [1.165, 1.54) is 0 Å². The Morgan fingerprint density at radius 2 is 2.00 bits per heavy atom. The Labute approximate surface area is 99.1 Å². The molecule has 0 bridgehead atoms. The first-order valence-corrected chi connectivity index (χ1v) is 5.69. The maximum absolute atomic E-state index is 6.33. The van der Waals surface area contributed by atoms with Crippen molar-refractivity contribution in [2.24, 2.45) is 0 Å². The quantitative estimate of drug-likeness (QED) is 0.713. The highest BCUT2D eigenvalue weighted by atomic mass is 35.5. The highest BCUT2D eigenvalue weighted by molar-refractivity contribution is 7.71. The number of pyridine rings is 1. The Hall–Kier alpha value is -0.860. The van der Waals surface area contributed by atoms with Crippen molar-refractivity contribution < 1.29 is 0 Å². The lowest BCUT2D eigenvalue weighted by Gasteiger charge is -2.10. The fourth-order valence-electron chi connectivity index (χ4n) is 1.67. The van der Waals surface area contributed by atoms with Gasteiger partial charge in [-0.05, 0) is 17.5 Å². The van der Waals surface area contributed by atoms with Crippen molar-refractivity contribution in [3.8, 4) is 0 Å². The summed E-state index contributed by atoms with van der Waals surface area (Å²) in [6.07, 6.45) is 1.83. The summed E-state index contributed by atoms with van der Waals surface area (Å²) in [5.41, 5.74) is 2.09. The first-order valence-electron chi connectivity index (χ1n) is 4.91. The van der Waals surface area contributed by atoms with Gasteiger partial charge in [-0.15, -0.1) is 0 Å². The van der Waals surface area contributed by atoms with Crippen LogP contribution in [0.25, 0.3) is 10.9 Å². The summed E-state index contributed by atoms with van der Waals surface area (Å²) in [7, 11) is 0. The van der Waals surface area contributed by atoms with Gasteiger partial charge < -0.3 is 4.98 Å². The maximum Gasteiger partial charge on any atom is 0.0682 e. The number of H-pyrrole nitrogens is 1. The minimum Gasteiger partial charge on any atom is -0.360 e. The SMILES string of the molecule is CC(C)c1ccc2c(=S)cc[nH]c2c1Cl. The zero-order valence-corrected chi connectivity index (χ0v) is 10.2. The van der Waals surface area contributed by atoms with Crippen LogP contribution in [0.5, 0.6) is 0 Å². The topological polar surface area (TPSA) is 15.8 Å². The molecular weight excluding hydrogens is 226 g/mol. The lowest BCUT2D eigenvalue weighted by molar-refractivity contribution is 0.868. The summed E-state index contributed by atoms with van der Waals surface area (Å²) in [6, 6.07) is 5.97. The Bertz CT molecular complexity index is 557. The second kappa shape index (κ2) is 3.95. The van der Waals surface area contributed by atoms with Crippen LogP contribution in [-0.4, -0.2) is 4.98 Å². The zero-order valence-electron chi connectivity index (χ0n) is 8.67. The van der Waals surface area contributed by atoms with Gasteiger partial charge in [0.05, 0.1) is 10.5 Å². The maximum atomic E-state index is 6.33. The van der Waals surface area contributed by atoms with E-state index < -0.39 is 0 Å². The predicted octanol–water partition coefficient (Wildman–Crippen LogP) is 4.67.